The molecule has 1 fully saturated rings. The average Bonchev–Trinajstić information content (AvgIpc) is 3.10. The van der Waals surface area contributed by atoms with Crippen molar-refractivity contribution in [2.24, 2.45) is 0 Å². The molecule has 0 aromatic carbocycles. The first-order valence-corrected chi connectivity index (χ1v) is 7.29. The molecule has 0 atom stereocenters. The van der Waals surface area contributed by atoms with Gasteiger partial charge in [0.05, 0.1) is 6.61 Å². The Bertz CT molecular complexity index is 420. The lowest BCUT2D eigenvalue weighted by molar-refractivity contribution is -0.120. The van der Waals surface area contributed by atoms with Crippen molar-refractivity contribution in [1.29, 1.82) is 0 Å². The highest BCUT2D eigenvalue weighted by Crippen LogP contribution is 2.36. The summed E-state index contributed by atoms with van der Waals surface area (Å²) in [5, 5.41) is 3.62. The van der Waals surface area contributed by atoms with E-state index in [1.54, 1.807) is 13.3 Å². The molecule has 1 aromatic rings. The molecule has 4 nitrogen and oxygen atoms in total. The third kappa shape index (κ3) is 4.92. The number of hydrogen-bond donors (Lipinski definition) is 1. The highest BCUT2D eigenvalue weighted by Gasteiger charge is 2.39. The van der Waals surface area contributed by atoms with Gasteiger partial charge in [-0.05, 0) is 12.8 Å². The molecule has 8 heteroatoms. The van der Waals surface area contributed by atoms with Gasteiger partial charge < -0.3 is 15.0 Å². The number of rotatable bonds is 8. The minimum Gasteiger partial charge on any atom is -0.383 e. The second kappa shape index (κ2) is 6.73. The standard InChI is InChI=1S/C12H18F3N3OS/c1-19-5-4-16-6-10-7-17-11(20-10)18(9-2-3-9)8-12(13,14)15/h7,9,16H,2-6,8H2,1H3. The molecule has 20 heavy (non-hydrogen) atoms. The molecule has 0 amide bonds. The van der Waals surface area contributed by atoms with Gasteiger partial charge in [-0.25, -0.2) is 4.98 Å². The van der Waals surface area contributed by atoms with Crippen molar-refractivity contribution in [2.75, 3.05) is 31.7 Å². The maximum absolute atomic E-state index is 12.6. The molecule has 0 radical (unpaired) electrons. The Kier molecular flexibility index (Phi) is 5.22. The van der Waals surface area contributed by atoms with E-state index >= 15 is 0 Å². The smallest absolute Gasteiger partial charge is 0.383 e. The zero-order valence-corrected chi connectivity index (χ0v) is 12.1. The monoisotopic (exact) mass is 309 g/mol. The largest absolute Gasteiger partial charge is 0.406 e. The SMILES string of the molecule is COCCNCc1cnc(N(CC(F)(F)F)C2CC2)s1. The molecule has 1 saturated carbocycles. The first-order chi connectivity index (χ1) is 9.49. The molecule has 0 saturated heterocycles. The molecule has 2 rings (SSSR count). The Morgan fingerprint density at radius 3 is 2.85 bits per heavy atom. The maximum Gasteiger partial charge on any atom is 0.406 e. The summed E-state index contributed by atoms with van der Waals surface area (Å²) in [6, 6.07) is -0.00271. The lowest BCUT2D eigenvalue weighted by atomic mass is 10.5. The van der Waals surface area contributed by atoms with Crippen molar-refractivity contribution in [2.45, 2.75) is 31.6 Å². The molecular weight excluding hydrogens is 291 g/mol. The molecule has 0 unspecified atom stereocenters. The summed E-state index contributed by atoms with van der Waals surface area (Å²) >= 11 is 1.32. The van der Waals surface area contributed by atoms with Gasteiger partial charge in [-0.1, -0.05) is 0 Å². The van der Waals surface area contributed by atoms with E-state index in [0.29, 0.717) is 24.8 Å². The second-order valence-electron chi connectivity index (χ2n) is 4.75. The summed E-state index contributed by atoms with van der Waals surface area (Å²) in [4.78, 5) is 6.45. The van der Waals surface area contributed by atoms with Gasteiger partial charge in [0.2, 0.25) is 0 Å². The van der Waals surface area contributed by atoms with Crippen molar-refractivity contribution in [3.63, 3.8) is 0 Å². The molecule has 1 aliphatic carbocycles. The third-order valence-corrected chi connectivity index (χ3v) is 3.94. The number of halogens is 3. The topological polar surface area (TPSA) is 37.4 Å². The molecule has 0 aliphatic heterocycles. The van der Waals surface area contributed by atoms with Crippen molar-refractivity contribution < 1.29 is 17.9 Å². The van der Waals surface area contributed by atoms with Crippen LogP contribution in [0.2, 0.25) is 0 Å². The quantitative estimate of drug-likeness (QED) is 0.748. The number of alkyl halides is 3. The van der Waals surface area contributed by atoms with Gasteiger partial charge in [-0.15, -0.1) is 11.3 Å². The zero-order valence-electron chi connectivity index (χ0n) is 11.2. The minimum atomic E-state index is -4.19. The lowest BCUT2D eigenvalue weighted by Gasteiger charge is -2.22. The molecule has 114 valence electrons. The Labute approximate surface area is 119 Å². The van der Waals surface area contributed by atoms with Crippen molar-refractivity contribution in [3.8, 4) is 0 Å². The van der Waals surface area contributed by atoms with Gasteiger partial charge >= 0.3 is 6.18 Å². The van der Waals surface area contributed by atoms with Crippen LogP contribution in [0.15, 0.2) is 6.20 Å². The highest BCUT2D eigenvalue weighted by molar-refractivity contribution is 7.15. The molecule has 1 N–H and O–H groups in total. The zero-order chi connectivity index (χ0) is 14.6. The summed E-state index contributed by atoms with van der Waals surface area (Å²) in [5.74, 6) is 0. The van der Waals surface area contributed by atoms with Crippen LogP contribution in [0, 0.1) is 0 Å². The summed E-state index contributed by atoms with van der Waals surface area (Å²) in [5.41, 5.74) is 0. The number of nitrogens with zero attached hydrogens (tertiary/aromatic N) is 2. The van der Waals surface area contributed by atoms with Crippen LogP contribution >= 0.6 is 11.3 Å². The van der Waals surface area contributed by atoms with E-state index < -0.39 is 12.7 Å². The fraction of sp³-hybridized carbons (Fsp3) is 0.750. The molecular formula is C12H18F3N3OS. The molecule has 1 aliphatic rings. The van der Waals surface area contributed by atoms with E-state index in [2.05, 4.69) is 10.3 Å². The predicted molar refractivity (Wildman–Crippen MR) is 72.1 cm³/mol. The fourth-order valence-electron chi connectivity index (χ4n) is 1.83. The van der Waals surface area contributed by atoms with Crippen molar-refractivity contribution >= 4 is 16.5 Å². The third-order valence-electron chi connectivity index (χ3n) is 2.91. The maximum atomic E-state index is 12.6. The van der Waals surface area contributed by atoms with E-state index in [-0.39, 0.29) is 6.04 Å². The van der Waals surface area contributed by atoms with Crippen LogP contribution in [-0.2, 0) is 11.3 Å². The Balaban J connectivity index is 1.91. The average molecular weight is 309 g/mol. The number of methoxy groups -OCH3 is 1. The van der Waals surface area contributed by atoms with Crippen LogP contribution in [-0.4, -0.2) is 44.0 Å². The van der Waals surface area contributed by atoms with Crippen LogP contribution in [0.4, 0.5) is 18.3 Å². The Hall–Kier alpha value is -0.860. The van der Waals surface area contributed by atoms with Gasteiger partial charge in [0.25, 0.3) is 0 Å². The lowest BCUT2D eigenvalue weighted by Crippen LogP contribution is -2.35. The van der Waals surface area contributed by atoms with E-state index in [9.17, 15) is 13.2 Å². The Morgan fingerprint density at radius 1 is 1.50 bits per heavy atom. The molecule has 0 spiro atoms. The van der Waals surface area contributed by atoms with Crippen LogP contribution in [0.3, 0.4) is 0 Å². The van der Waals surface area contributed by atoms with E-state index in [0.717, 1.165) is 17.7 Å². The number of ether oxygens (including phenoxy) is 1. The summed E-state index contributed by atoms with van der Waals surface area (Å²) in [7, 11) is 1.62. The van der Waals surface area contributed by atoms with E-state index in [1.807, 2.05) is 0 Å². The fourth-order valence-corrected chi connectivity index (χ4v) is 2.78. The summed E-state index contributed by atoms with van der Waals surface area (Å²) < 4.78 is 42.7. The summed E-state index contributed by atoms with van der Waals surface area (Å²) in [6.45, 7) is 1.000. The van der Waals surface area contributed by atoms with Crippen LogP contribution in [0.5, 0.6) is 0 Å². The van der Waals surface area contributed by atoms with Crippen LogP contribution < -0.4 is 10.2 Å². The number of hydrogen-bond acceptors (Lipinski definition) is 5. The van der Waals surface area contributed by atoms with Gasteiger partial charge in [-0.2, -0.15) is 13.2 Å². The minimum absolute atomic E-state index is 0.00271. The normalized spacial score (nSPS) is 15.6. The Morgan fingerprint density at radius 2 is 2.25 bits per heavy atom. The number of thiazole rings is 1. The van der Waals surface area contributed by atoms with Crippen LogP contribution in [0.1, 0.15) is 17.7 Å². The number of nitrogens with one attached hydrogen (secondary N) is 1. The number of aromatic nitrogens is 1. The molecule has 1 heterocycles. The summed E-state index contributed by atoms with van der Waals surface area (Å²) in [6.07, 6.45) is -0.912. The first kappa shape index (κ1) is 15.5. The second-order valence-corrected chi connectivity index (χ2v) is 5.85. The number of anilines is 1. The highest BCUT2D eigenvalue weighted by atomic mass is 32.1. The molecule has 0 bridgehead atoms. The van der Waals surface area contributed by atoms with E-state index in [4.69, 9.17) is 4.74 Å². The molecule has 1 aromatic heterocycles. The first-order valence-electron chi connectivity index (χ1n) is 6.47. The van der Waals surface area contributed by atoms with Gasteiger partial charge in [-0.3, -0.25) is 0 Å². The van der Waals surface area contributed by atoms with Gasteiger partial charge in [0, 0.05) is 37.3 Å². The van der Waals surface area contributed by atoms with Gasteiger partial charge in [0.1, 0.15) is 6.54 Å². The van der Waals surface area contributed by atoms with Crippen molar-refractivity contribution in [3.05, 3.63) is 11.1 Å². The van der Waals surface area contributed by atoms with Gasteiger partial charge in [0.15, 0.2) is 5.13 Å². The predicted octanol–water partition coefficient (Wildman–Crippen LogP) is 2.41. The van der Waals surface area contributed by atoms with Crippen molar-refractivity contribution in [1.82, 2.24) is 10.3 Å². The van der Waals surface area contributed by atoms with Crippen LogP contribution in [0.25, 0.3) is 0 Å². The van der Waals surface area contributed by atoms with E-state index in [1.165, 1.54) is 16.2 Å².